The molecule has 0 atom stereocenters. The predicted octanol–water partition coefficient (Wildman–Crippen LogP) is -3.02. The Balaban J connectivity index is -0.0000000800. The second kappa shape index (κ2) is 5.15. The van der Waals surface area contributed by atoms with Gasteiger partial charge in [0.2, 0.25) is 0 Å². The van der Waals surface area contributed by atoms with E-state index in [1.807, 2.05) is 0 Å². The van der Waals surface area contributed by atoms with Crippen molar-refractivity contribution in [1.82, 2.24) is 0 Å². The van der Waals surface area contributed by atoms with Crippen LogP contribution >= 0.6 is 0 Å². The fourth-order valence-corrected chi connectivity index (χ4v) is 0. The fraction of sp³-hybridized carbons (Fsp3) is 0. The molecule has 0 aromatic rings. The van der Waals surface area contributed by atoms with E-state index in [0.717, 1.165) is 0 Å². The molecule has 7 heteroatoms. The quantitative estimate of drug-likeness (QED) is 0.364. The average molecular weight is 339 g/mol. The monoisotopic (exact) mass is 340 g/mol. The molecule has 0 aromatic carbocycles. The van der Waals surface area contributed by atoms with Crippen LogP contribution in [0, 0.1) is 0 Å². The predicted molar refractivity (Wildman–Crippen MR) is 34.1 cm³/mol. The van der Waals surface area contributed by atoms with Gasteiger partial charge in [0.05, 0.1) is 0 Å². The van der Waals surface area contributed by atoms with Gasteiger partial charge in [-0.3, -0.25) is 9.11 Å². The maximum absolute atomic E-state index is 8.74. The third kappa shape index (κ3) is 173. The van der Waals surface area contributed by atoms with Gasteiger partial charge in [-0.25, -0.2) is 0 Å². The van der Waals surface area contributed by atoms with Gasteiger partial charge in [-0.2, -0.15) is 8.42 Å². The van der Waals surface area contributed by atoms with Gasteiger partial charge in [0, 0.05) is 0 Å². The summed E-state index contributed by atoms with van der Waals surface area (Å²) in [5, 5.41) is 0. The molecule has 0 spiro atoms. The summed E-state index contributed by atoms with van der Waals surface area (Å²) >= 11 is 0. The molecule has 46 valence electrons. The number of hydrogen-bond acceptors (Lipinski definition) is 2. The van der Waals surface area contributed by atoms with Crippen molar-refractivity contribution in [2.24, 2.45) is 0 Å². The third-order valence-electron chi connectivity index (χ3n) is 0. The van der Waals surface area contributed by atoms with Crippen LogP contribution in [0.3, 0.4) is 0 Å². The first-order valence-corrected chi connectivity index (χ1v) is 2.10. The zero-order chi connectivity index (χ0) is 4.50. The molecule has 0 fully saturated rings. The summed E-state index contributed by atoms with van der Waals surface area (Å²) in [7, 11) is -4.67. The molecular weight excluding hydrogens is 331 g/mol. The van der Waals surface area contributed by atoms with Crippen molar-refractivity contribution in [3.8, 4) is 0 Å². The first kappa shape index (κ1) is 15.7. The van der Waals surface area contributed by atoms with Gasteiger partial charge < -0.3 is 0 Å². The Bertz CT molecular complexity index is 94.9. The molecule has 0 saturated carbocycles. The van der Waals surface area contributed by atoms with E-state index in [0.29, 0.717) is 0 Å². The molecule has 0 aliphatic heterocycles. The average Bonchev–Trinajstić information content (AvgIpc) is 0.722. The summed E-state index contributed by atoms with van der Waals surface area (Å²) in [5.74, 6) is 0. The molecule has 0 amide bonds. The van der Waals surface area contributed by atoms with Crippen molar-refractivity contribution in [1.29, 1.82) is 0 Å². The van der Waals surface area contributed by atoms with Crippen LogP contribution in [0.5, 0.6) is 0 Å². The second-order valence-corrected chi connectivity index (χ2v) is 1.34. The zero-order valence-electron chi connectivity index (χ0n) is 2.83. The van der Waals surface area contributed by atoms with Crippen LogP contribution in [0.25, 0.3) is 0 Å². The Morgan fingerprint density at radius 2 is 1.14 bits per heavy atom. The third-order valence-corrected chi connectivity index (χ3v) is 0. The van der Waals surface area contributed by atoms with Gasteiger partial charge in [-0.15, -0.1) is 0 Å². The van der Waals surface area contributed by atoms with E-state index < -0.39 is 10.4 Å². The molecule has 0 aromatic heterocycles. The summed E-state index contributed by atoms with van der Waals surface area (Å²) in [6.07, 6.45) is 0. The van der Waals surface area contributed by atoms with E-state index in [1.54, 1.807) is 0 Å². The van der Waals surface area contributed by atoms with Crippen molar-refractivity contribution in [2.75, 3.05) is 0 Å². The van der Waals surface area contributed by atoms with Crippen LogP contribution in [-0.4, -0.2) is 55.8 Å². The smallest absolute Gasteiger partial charge is 0.0149 e. The molecule has 0 unspecified atom stereocenters. The Kier molecular flexibility index (Phi) is 11.5. The molecular formula is H8O4PbSSi. The van der Waals surface area contributed by atoms with Crippen LogP contribution in [0.4, 0.5) is 0 Å². The van der Waals surface area contributed by atoms with Crippen LogP contribution in [-0.2, 0) is 10.4 Å². The van der Waals surface area contributed by atoms with Gasteiger partial charge in [0.1, 0.15) is 0 Å². The summed E-state index contributed by atoms with van der Waals surface area (Å²) in [6, 6.07) is 0. The SMILES string of the molecule is O=S(=O)(O)O.[PbH2].[SiH4]. The topological polar surface area (TPSA) is 74.6 Å². The van der Waals surface area contributed by atoms with Crippen LogP contribution in [0.15, 0.2) is 0 Å². The first-order chi connectivity index (χ1) is 2.00. The maximum Gasteiger partial charge on any atom is -0.0149 e. The summed E-state index contributed by atoms with van der Waals surface area (Å²) < 4.78 is 31.6. The van der Waals surface area contributed by atoms with Gasteiger partial charge in [0.15, 0.2) is 0 Å². The van der Waals surface area contributed by atoms with E-state index >= 15 is 0 Å². The molecule has 2 N–H and O–H groups in total. The Morgan fingerprint density at radius 1 is 1.14 bits per heavy atom. The Hall–Kier alpha value is 1.01. The molecule has 4 nitrogen and oxygen atoms in total. The van der Waals surface area contributed by atoms with Gasteiger partial charge in [0.25, 0.3) is 0 Å². The number of hydrogen-bond donors (Lipinski definition) is 2. The van der Waals surface area contributed by atoms with Crippen LogP contribution in [0.1, 0.15) is 0 Å². The Morgan fingerprint density at radius 3 is 1.14 bits per heavy atom. The van der Waals surface area contributed by atoms with Gasteiger partial charge in [-0.05, 0) is 11.0 Å². The first-order valence-electron chi connectivity index (χ1n) is 0.698. The van der Waals surface area contributed by atoms with Crippen molar-refractivity contribution in [3.05, 3.63) is 0 Å². The van der Waals surface area contributed by atoms with E-state index in [9.17, 15) is 0 Å². The van der Waals surface area contributed by atoms with E-state index in [1.165, 1.54) is 0 Å². The Labute approximate surface area is 66.1 Å². The normalized spacial score (nSPS) is 8.29. The summed E-state index contributed by atoms with van der Waals surface area (Å²) in [4.78, 5) is 0. The van der Waals surface area contributed by atoms with Crippen molar-refractivity contribution < 1.29 is 17.5 Å². The van der Waals surface area contributed by atoms with Gasteiger partial charge >= 0.3 is 37.7 Å². The minimum absolute atomic E-state index is 0. The van der Waals surface area contributed by atoms with Crippen LogP contribution in [0.2, 0.25) is 0 Å². The standard InChI is InChI=1S/H2O4S.Pb.H4Si.2H/c1-5(2,3)4;;;;/h(H2,1,2,3,4);;1H4;;. The summed E-state index contributed by atoms with van der Waals surface area (Å²) in [6.45, 7) is 0. The van der Waals surface area contributed by atoms with E-state index in [4.69, 9.17) is 17.5 Å². The minimum Gasteiger partial charge on any atom is -0.0149 e. The molecule has 0 saturated heterocycles. The summed E-state index contributed by atoms with van der Waals surface area (Å²) in [5.41, 5.74) is 0. The second-order valence-electron chi connectivity index (χ2n) is 0.448. The molecule has 0 rings (SSSR count). The molecule has 2 radical (unpaired) electrons. The van der Waals surface area contributed by atoms with Gasteiger partial charge in [-0.1, -0.05) is 0 Å². The molecule has 0 aliphatic rings. The number of rotatable bonds is 0. The minimum atomic E-state index is -4.67. The van der Waals surface area contributed by atoms with E-state index in [2.05, 4.69) is 0 Å². The molecule has 0 aliphatic carbocycles. The zero-order valence-corrected chi connectivity index (χ0v) is 9.14. The van der Waals surface area contributed by atoms with Crippen molar-refractivity contribution in [2.45, 2.75) is 0 Å². The maximum atomic E-state index is 8.74. The molecule has 7 heavy (non-hydrogen) atoms. The van der Waals surface area contributed by atoms with Crippen molar-refractivity contribution in [3.63, 3.8) is 0 Å². The van der Waals surface area contributed by atoms with E-state index in [-0.39, 0.29) is 38.3 Å². The largest absolute Gasteiger partial charge is 0.0149 e. The molecule has 0 bridgehead atoms. The molecule has 0 heterocycles. The van der Waals surface area contributed by atoms with Crippen molar-refractivity contribution >= 4 is 48.7 Å². The fourth-order valence-electron chi connectivity index (χ4n) is 0. The van der Waals surface area contributed by atoms with Crippen LogP contribution < -0.4 is 0 Å².